The summed E-state index contributed by atoms with van der Waals surface area (Å²) in [4.78, 5) is 29.8. The summed E-state index contributed by atoms with van der Waals surface area (Å²) in [6, 6.07) is 7.79. The first-order valence-corrected chi connectivity index (χ1v) is 9.31. The minimum absolute atomic E-state index is 0.0244. The molecular weight excluding hydrogens is 316 g/mol. The molecule has 25 heavy (non-hydrogen) atoms. The summed E-state index contributed by atoms with van der Waals surface area (Å²) in [6.07, 6.45) is 2.27. The molecule has 3 heterocycles. The number of piperidine rings is 1. The third-order valence-corrected chi connectivity index (χ3v) is 5.98. The predicted molar refractivity (Wildman–Crippen MR) is 97.5 cm³/mol. The van der Waals surface area contributed by atoms with Crippen LogP contribution in [0, 0.1) is 5.92 Å². The molecule has 3 aliphatic rings. The van der Waals surface area contributed by atoms with Crippen LogP contribution in [0.5, 0.6) is 0 Å². The largest absolute Gasteiger partial charge is 0.369 e. The zero-order chi connectivity index (χ0) is 17.4. The highest BCUT2D eigenvalue weighted by Crippen LogP contribution is 2.36. The summed E-state index contributed by atoms with van der Waals surface area (Å²) in [5, 5.41) is 6.47. The van der Waals surface area contributed by atoms with Gasteiger partial charge in [-0.3, -0.25) is 9.59 Å². The monoisotopic (exact) mass is 342 g/mol. The van der Waals surface area contributed by atoms with Crippen LogP contribution in [-0.2, 0) is 9.59 Å². The number of carbonyl (C=O) groups excluding carboxylic acids is 2. The van der Waals surface area contributed by atoms with E-state index >= 15 is 0 Å². The Morgan fingerprint density at radius 2 is 1.92 bits per heavy atom. The van der Waals surface area contributed by atoms with Crippen LogP contribution in [0.1, 0.15) is 26.2 Å². The Balaban J connectivity index is 1.41. The molecule has 4 rings (SSSR count). The number of amides is 2. The van der Waals surface area contributed by atoms with Gasteiger partial charge in [0, 0.05) is 19.6 Å². The SMILES string of the molecule is CCN1CCC(C(=O)N2CCC3(CC2)Nc2ccccc2NC3=O)C1. The van der Waals surface area contributed by atoms with Crippen molar-refractivity contribution in [3.05, 3.63) is 24.3 Å². The molecule has 2 N–H and O–H groups in total. The van der Waals surface area contributed by atoms with Gasteiger partial charge in [-0.1, -0.05) is 19.1 Å². The number of hydrogen-bond acceptors (Lipinski definition) is 4. The summed E-state index contributed by atoms with van der Waals surface area (Å²) >= 11 is 0. The minimum Gasteiger partial charge on any atom is -0.369 e. The molecule has 134 valence electrons. The zero-order valence-electron chi connectivity index (χ0n) is 14.8. The summed E-state index contributed by atoms with van der Waals surface area (Å²) in [5.74, 6) is 0.418. The molecule has 1 unspecified atom stereocenters. The van der Waals surface area contributed by atoms with Crippen LogP contribution < -0.4 is 10.6 Å². The number of para-hydroxylation sites is 2. The van der Waals surface area contributed by atoms with Crippen molar-refractivity contribution in [3.8, 4) is 0 Å². The van der Waals surface area contributed by atoms with E-state index in [0.717, 1.165) is 37.4 Å². The molecule has 0 saturated carbocycles. The molecule has 1 spiro atoms. The molecule has 0 bridgehead atoms. The van der Waals surface area contributed by atoms with Gasteiger partial charge in [0.1, 0.15) is 5.54 Å². The molecule has 1 aromatic carbocycles. The van der Waals surface area contributed by atoms with E-state index in [1.165, 1.54) is 0 Å². The van der Waals surface area contributed by atoms with Gasteiger partial charge in [0.05, 0.1) is 17.3 Å². The van der Waals surface area contributed by atoms with Crippen LogP contribution in [0.25, 0.3) is 0 Å². The Morgan fingerprint density at radius 1 is 1.20 bits per heavy atom. The van der Waals surface area contributed by atoms with Gasteiger partial charge in [-0.2, -0.15) is 0 Å². The van der Waals surface area contributed by atoms with E-state index in [2.05, 4.69) is 22.5 Å². The van der Waals surface area contributed by atoms with Gasteiger partial charge in [-0.25, -0.2) is 0 Å². The van der Waals surface area contributed by atoms with E-state index in [4.69, 9.17) is 0 Å². The van der Waals surface area contributed by atoms with E-state index in [0.29, 0.717) is 25.9 Å². The van der Waals surface area contributed by atoms with Gasteiger partial charge < -0.3 is 20.4 Å². The van der Waals surface area contributed by atoms with Gasteiger partial charge in [0.25, 0.3) is 0 Å². The van der Waals surface area contributed by atoms with E-state index in [1.54, 1.807) is 0 Å². The maximum Gasteiger partial charge on any atom is 0.250 e. The van der Waals surface area contributed by atoms with Crippen molar-refractivity contribution < 1.29 is 9.59 Å². The van der Waals surface area contributed by atoms with E-state index in [9.17, 15) is 9.59 Å². The number of carbonyl (C=O) groups is 2. The second-order valence-corrected chi connectivity index (χ2v) is 7.41. The number of anilines is 2. The third-order valence-electron chi connectivity index (χ3n) is 5.98. The van der Waals surface area contributed by atoms with Crippen LogP contribution in [0.4, 0.5) is 11.4 Å². The number of hydrogen-bond donors (Lipinski definition) is 2. The molecule has 2 saturated heterocycles. The van der Waals surface area contributed by atoms with Crippen molar-refractivity contribution >= 4 is 23.2 Å². The topological polar surface area (TPSA) is 64.7 Å². The van der Waals surface area contributed by atoms with Crippen LogP contribution in [0.2, 0.25) is 0 Å². The predicted octanol–water partition coefficient (Wildman–Crippen LogP) is 1.75. The number of benzene rings is 1. The maximum absolute atomic E-state index is 12.8. The molecular formula is C19H26N4O2. The first-order valence-electron chi connectivity index (χ1n) is 9.31. The lowest BCUT2D eigenvalue weighted by Crippen LogP contribution is -2.59. The second kappa shape index (κ2) is 6.33. The van der Waals surface area contributed by atoms with E-state index < -0.39 is 5.54 Å². The van der Waals surface area contributed by atoms with Crippen LogP contribution in [-0.4, -0.2) is 59.9 Å². The Hall–Kier alpha value is -2.08. The molecule has 0 aliphatic carbocycles. The standard InChI is InChI=1S/C19H26N4O2/c1-2-22-10-7-14(13-22)17(24)23-11-8-19(9-12-23)18(25)20-15-5-3-4-6-16(15)21-19/h3-6,14,21H,2,7-13H2,1H3,(H,20,25). The van der Waals surface area contributed by atoms with Crippen molar-refractivity contribution in [3.63, 3.8) is 0 Å². The van der Waals surface area contributed by atoms with Crippen molar-refractivity contribution in [2.24, 2.45) is 5.92 Å². The highest BCUT2D eigenvalue weighted by Gasteiger charge is 2.45. The van der Waals surface area contributed by atoms with Crippen molar-refractivity contribution in [1.82, 2.24) is 9.80 Å². The number of nitrogens with one attached hydrogen (secondary N) is 2. The highest BCUT2D eigenvalue weighted by molar-refractivity contribution is 6.06. The summed E-state index contributed by atoms with van der Waals surface area (Å²) in [7, 11) is 0. The lowest BCUT2D eigenvalue weighted by molar-refractivity contribution is -0.138. The normalized spacial score (nSPS) is 25.4. The number of nitrogens with zero attached hydrogens (tertiary/aromatic N) is 2. The number of rotatable bonds is 2. The van der Waals surface area contributed by atoms with Gasteiger partial charge in [-0.15, -0.1) is 0 Å². The highest BCUT2D eigenvalue weighted by atomic mass is 16.2. The Kier molecular flexibility index (Phi) is 4.15. The average molecular weight is 342 g/mol. The van der Waals surface area contributed by atoms with Gasteiger partial charge in [-0.05, 0) is 44.5 Å². The molecule has 3 aliphatic heterocycles. The molecule has 2 fully saturated rings. The average Bonchev–Trinajstić information content (AvgIpc) is 3.12. The lowest BCUT2D eigenvalue weighted by Gasteiger charge is -2.44. The summed E-state index contributed by atoms with van der Waals surface area (Å²) in [6.45, 7) is 6.34. The van der Waals surface area contributed by atoms with Gasteiger partial charge >= 0.3 is 0 Å². The molecule has 1 aromatic rings. The first-order chi connectivity index (χ1) is 12.1. The Labute approximate surface area is 148 Å². The van der Waals surface area contributed by atoms with Crippen molar-refractivity contribution in [2.75, 3.05) is 43.4 Å². The van der Waals surface area contributed by atoms with Crippen molar-refractivity contribution in [1.29, 1.82) is 0 Å². The Morgan fingerprint density at radius 3 is 2.60 bits per heavy atom. The van der Waals surface area contributed by atoms with E-state index in [-0.39, 0.29) is 17.7 Å². The fraction of sp³-hybridized carbons (Fsp3) is 0.579. The van der Waals surface area contributed by atoms with Gasteiger partial charge in [0.15, 0.2) is 0 Å². The number of likely N-dealkylation sites (tertiary alicyclic amines) is 2. The zero-order valence-corrected chi connectivity index (χ0v) is 14.8. The Bertz CT molecular complexity index is 682. The first kappa shape index (κ1) is 16.4. The summed E-state index contributed by atoms with van der Waals surface area (Å²) < 4.78 is 0. The fourth-order valence-electron chi connectivity index (χ4n) is 4.30. The van der Waals surface area contributed by atoms with Crippen molar-refractivity contribution in [2.45, 2.75) is 31.7 Å². The molecule has 1 atom stereocenters. The van der Waals surface area contributed by atoms with E-state index in [1.807, 2.05) is 29.2 Å². The summed E-state index contributed by atoms with van der Waals surface area (Å²) in [5.41, 5.74) is 1.22. The molecule has 0 radical (unpaired) electrons. The smallest absolute Gasteiger partial charge is 0.250 e. The second-order valence-electron chi connectivity index (χ2n) is 7.41. The quantitative estimate of drug-likeness (QED) is 0.859. The third kappa shape index (κ3) is 2.88. The molecule has 6 heteroatoms. The molecule has 0 aromatic heterocycles. The van der Waals surface area contributed by atoms with Crippen LogP contribution in [0.3, 0.4) is 0 Å². The maximum atomic E-state index is 12.8. The fourth-order valence-corrected chi connectivity index (χ4v) is 4.30. The van der Waals surface area contributed by atoms with Crippen LogP contribution >= 0.6 is 0 Å². The van der Waals surface area contributed by atoms with Gasteiger partial charge in [0.2, 0.25) is 11.8 Å². The van der Waals surface area contributed by atoms with Crippen LogP contribution in [0.15, 0.2) is 24.3 Å². The molecule has 2 amide bonds. The lowest BCUT2D eigenvalue weighted by atomic mass is 9.84. The molecule has 6 nitrogen and oxygen atoms in total. The minimum atomic E-state index is -0.587. The number of fused-ring (bicyclic) bond motifs is 1.